The van der Waals surface area contributed by atoms with Gasteiger partial charge in [-0.05, 0) is 33.1 Å². The molecular weight excluding hydrogens is 260 g/mol. The Labute approximate surface area is 132 Å². The van der Waals surface area contributed by atoms with Crippen molar-refractivity contribution in [3.8, 4) is 0 Å². The summed E-state index contributed by atoms with van der Waals surface area (Å²) < 4.78 is 5.47. The molecule has 0 amide bonds. The lowest BCUT2D eigenvalue weighted by Gasteiger charge is -2.15. The molecule has 0 saturated heterocycles. The Balaban J connectivity index is 3.55. The van der Waals surface area contributed by atoms with Gasteiger partial charge in [0, 0.05) is 6.08 Å². The van der Waals surface area contributed by atoms with E-state index in [0.29, 0.717) is 0 Å². The van der Waals surface area contributed by atoms with Crippen molar-refractivity contribution < 1.29 is 9.53 Å². The van der Waals surface area contributed by atoms with Crippen LogP contribution in [-0.4, -0.2) is 12.1 Å². The molecule has 1 atom stereocenters. The zero-order valence-electron chi connectivity index (χ0n) is 14.7. The number of esters is 1. The second-order valence-electron chi connectivity index (χ2n) is 6.31. The van der Waals surface area contributed by atoms with Gasteiger partial charge in [0.05, 0.1) is 0 Å². The Morgan fingerprint density at radius 2 is 1.43 bits per heavy atom. The normalized spacial score (nSPS) is 12.0. The molecule has 0 aliphatic heterocycles. The van der Waals surface area contributed by atoms with Crippen LogP contribution >= 0.6 is 0 Å². The van der Waals surface area contributed by atoms with Gasteiger partial charge in [-0.3, -0.25) is 0 Å². The van der Waals surface area contributed by atoms with E-state index in [-0.39, 0.29) is 12.1 Å². The van der Waals surface area contributed by atoms with Gasteiger partial charge in [0.15, 0.2) is 0 Å². The number of carbonyl (C=O) groups excluding carboxylic acids is 1. The summed E-state index contributed by atoms with van der Waals surface area (Å²) in [5.74, 6) is -0.183. The predicted octanol–water partition coefficient (Wildman–Crippen LogP) is 6.20. The van der Waals surface area contributed by atoms with Crippen molar-refractivity contribution in [2.24, 2.45) is 0 Å². The van der Waals surface area contributed by atoms with Crippen LogP contribution in [0.15, 0.2) is 11.6 Å². The number of hydrogen-bond acceptors (Lipinski definition) is 2. The monoisotopic (exact) mass is 296 g/mol. The van der Waals surface area contributed by atoms with Crippen molar-refractivity contribution in [2.45, 2.75) is 104 Å². The number of allylic oxidation sites excluding steroid dienone is 1. The quantitative estimate of drug-likeness (QED) is 0.230. The van der Waals surface area contributed by atoms with E-state index in [1.165, 1.54) is 57.8 Å². The zero-order valence-corrected chi connectivity index (χ0v) is 14.7. The molecule has 0 bridgehead atoms. The second kappa shape index (κ2) is 14.2. The lowest BCUT2D eigenvalue weighted by molar-refractivity contribution is -0.143. The molecule has 0 aliphatic carbocycles. The molecule has 0 aliphatic rings. The fraction of sp³-hybridized carbons (Fsp3) is 0.842. The van der Waals surface area contributed by atoms with Crippen molar-refractivity contribution in [2.75, 3.05) is 0 Å². The molecule has 2 heteroatoms. The smallest absolute Gasteiger partial charge is 0.330 e. The first-order valence-corrected chi connectivity index (χ1v) is 8.95. The third-order valence-corrected chi connectivity index (χ3v) is 3.77. The van der Waals surface area contributed by atoms with Gasteiger partial charge < -0.3 is 4.74 Å². The molecule has 0 aromatic rings. The maximum atomic E-state index is 11.6. The van der Waals surface area contributed by atoms with E-state index in [2.05, 4.69) is 13.8 Å². The highest BCUT2D eigenvalue weighted by molar-refractivity contribution is 5.82. The molecule has 0 heterocycles. The first-order valence-electron chi connectivity index (χ1n) is 8.95. The summed E-state index contributed by atoms with van der Waals surface area (Å²) >= 11 is 0. The lowest BCUT2D eigenvalue weighted by atomic mass is 10.0. The average Bonchev–Trinajstić information content (AvgIpc) is 2.43. The van der Waals surface area contributed by atoms with Crippen LogP contribution in [0.25, 0.3) is 0 Å². The Morgan fingerprint density at radius 3 is 1.90 bits per heavy atom. The molecule has 0 radical (unpaired) electrons. The summed E-state index contributed by atoms with van der Waals surface area (Å²) in [7, 11) is 0. The van der Waals surface area contributed by atoms with Gasteiger partial charge in [0.25, 0.3) is 0 Å². The molecule has 0 rings (SSSR count). The zero-order chi connectivity index (χ0) is 15.9. The van der Waals surface area contributed by atoms with Crippen LogP contribution in [-0.2, 0) is 9.53 Å². The number of rotatable bonds is 13. The highest BCUT2D eigenvalue weighted by atomic mass is 16.5. The number of ether oxygens (including phenoxy) is 1. The van der Waals surface area contributed by atoms with Crippen LogP contribution < -0.4 is 0 Å². The molecule has 0 aromatic heterocycles. The van der Waals surface area contributed by atoms with Crippen LogP contribution in [0.1, 0.15) is 98.3 Å². The molecule has 21 heavy (non-hydrogen) atoms. The summed E-state index contributed by atoms with van der Waals surface area (Å²) in [6, 6.07) is 0. The minimum absolute atomic E-state index is 0.0951. The molecule has 2 nitrogen and oxygen atoms in total. The van der Waals surface area contributed by atoms with Gasteiger partial charge in [0.1, 0.15) is 6.10 Å². The number of carbonyl (C=O) groups is 1. The third-order valence-electron chi connectivity index (χ3n) is 3.77. The van der Waals surface area contributed by atoms with E-state index < -0.39 is 0 Å². The standard InChI is InChI=1S/C19H36O2/c1-5-7-8-9-10-11-12-13-14-15-18(6-2)21-19(20)16-17(3)4/h16,18H,5-15H2,1-4H3. The van der Waals surface area contributed by atoms with Gasteiger partial charge in [0.2, 0.25) is 0 Å². The Kier molecular flexibility index (Phi) is 13.6. The molecule has 0 spiro atoms. The summed E-state index contributed by atoms with van der Waals surface area (Å²) in [6.07, 6.45) is 15.6. The first-order chi connectivity index (χ1) is 10.1. The first kappa shape index (κ1) is 20.2. The molecule has 0 N–H and O–H groups in total. The fourth-order valence-corrected chi connectivity index (χ4v) is 2.46. The van der Waals surface area contributed by atoms with E-state index in [0.717, 1.165) is 18.4 Å². The molecule has 0 saturated carbocycles. The average molecular weight is 296 g/mol. The summed E-state index contributed by atoms with van der Waals surface area (Å²) in [4.78, 5) is 11.6. The maximum Gasteiger partial charge on any atom is 0.330 e. The van der Waals surface area contributed by atoms with Gasteiger partial charge >= 0.3 is 5.97 Å². The second-order valence-corrected chi connectivity index (χ2v) is 6.31. The van der Waals surface area contributed by atoms with Crippen molar-refractivity contribution >= 4 is 5.97 Å². The van der Waals surface area contributed by atoms with E-state index >= 15 is 0 Å². The van der Waals surface area contributed by atoms with Crippen LogP contribution in [0.5, 0.6) is 0 Å². The summed E-state index contributed by atoms with van der Waals surface area (Å²) in [6.45, 7) is 8.19. The van der Waals surface area contributed by atoms with Crippen LogP contribution in [0.4, 0.5) is 0 Å². The van der Waals surface area contributed by atoms with Crippen molar-refractivity contribution in [3.63, 3.8) is 0 Å². The van der Waals surface area contributed by atoms with E-state index in [4.69, 9.17) is 4.74 Å². The largest absolute Gasteiger partial charge is 0.459 e. The lowest BCUT2D eigenvalue weighted by Crippen LogP contribution is -2.16. The topological polar surface area (TPSA) is 26.3 Å². The SMILES string of the molecule is CCCCCCCCCCCC(CC)OC(=O)C=C(C)C. The molecule has 0 fully saturated rings. The highest BCUT2D eigenvalue weighted by Crippen LogP contribution is 2.14. The minimum Gasteiger partial charge on any atom is -0.459 e. The molecule has 1 unspecified atom stereocenters. The molecular formula is C19H36O2. The van der Waals surface area contributed by atoms with E-state index in [9.17, 15) is 4.79 Å². The van der Waals surface area contributed by atoms with E-state index in [1.54, 1.807) is 6.08 Å². The van der Waals surface area contributed by atoms with Crippen molar-refractivity contribution in [3.05, 3.63) is 11.6 Å². The van der Waals surface area contributed by atoms with Crippen LogP contribution in [0, 0.1) is 0 Å². The van der Waals surface area contributed by atoms with Crippen molar-refractivity contribution in [1.29, 1.82) is 0 Å². The highest BCUT2D eigenvalue weighted by Gasteiger charge is 2.10. The van der Waals surface area contributed by atoms with Gasteiger partial charge in [-0.2, -0.15) is 0 Å². The van der Waals surface area contributed by atoms with Crippen LogP contribution in [0.3, 0.4) is 0 Å². The van der Waals surface area contributed by atoms with Crippen molar-refractivity contribution in [1.82, 2.24) is 0 Å². The summed E-state index contributed by atoms with van der Waals surface area (Å²) in [5.41, 5.74) is 0.998. The van der Waals surface area contributed by atoms with Gasteiger partial charge in [-0.15, -0.1) is 0 Å². The van der Waals surface area contributed by atoms with Crippen LogP contribution in [0.2, 0.25) is 0 Å². The van der Waals surface area contributed by atoms with Gasteiger partial charge in [-0.1, -0.05) is 70.8 Å². The Morgan fingerprint density at radius 1 is 0.905 bits per heavy atom. The van der Waals surface area contributed by atoms with E-state index in [1.807, 2.05) is 13.8 Å². The Bertz CT molecular complexity index is 277. The maximum absolute atomic E-state index is 11.6. The third kappa shape index (κ3) is 13.9. The minimum atomic E-state index is -0.183. The fourth-order valence-electron chi connectivity index (χ4n) is 2.46. The van der Waals surface area contributed by atoms with Gasteiger partial charge in [-0.25, -0.2) is 4.79 Å². The Hall–Kier alpha value is -0.790. The predicted molar refractivity (Wildman–Crippen MR) is 91.4 cm³/mol. The summed E-state index contributed by atoms with van der Waals surface area (Å²) in [5, 5.41) is 0. The molecule has 124 valence electrons. The molecule has 0 aromatic carbocycles. The number of unbranched alkanes of at least 4 members (excludes halogenated alkanes) is 8. The number of hydrogen-bond donors (Lipinski definition) is 0.